The predicted molar refractivity (Wildman–Crippen MR) is 101 cm³/mol. The number of nitrogens with two attached hydrogens (primary N) is 1. The highest BCUT2D eigenvalue weighted by Crippen LogP contribution is 2.44. The maximum Gasteiger partial charge on any atom is 0.303 e. The summed E-state index contributed by atoms with van der Waals surface area (Å²) >= 11 is 0. The van der Waals surface area contributed by atoms with Gasteiger partial charge in [-0.05, 0) is 57.0 Å². The minimum atomic E-state index is -0.818. The molecule has 3 N–H and O–H groups in total. The van der Waals surface area contributed by atoms with Gasteiger partial charge in [0.25, 0.3) is 0 Å². The predicted octanol–water partition coefficient (Wildman–Crippen LogP) is 1.74. The molecule has 2 saturated heterocycles. The van der Waals surface area contributed by atoms with Crippen molar-refractivity contribution in [3.05, 3.63) is 0 Å². The highest BCUT2D eigenvalue weighted by Gasteiger charge is 2.46. The first-order valence-corrected chi connectivity index (χ1v) is 10.4. The van der Waals surface area contributed by atoms with Crippen LogP contribution >= 0.6 is 0 Å². The number of likely N-dealkylation sites (tertiary alicyclic amines) is 2. The van der Waals surface area contributed by atoms with E-state index in [1.807, 2.05) is 4.90 Å². The van der Waals surface area contributed by atoms with Gasteiger partial charge < -0.3 is 15.7 Å². The van der Waals surface area contributed by atoms with Gasteiger partial charge in [0, 0.05) is 19.5 Å². The fourth-order valence-corrected chi connectivity index (χ4v) is 5.46. The zero-order valence-electron chi connectivity index (χ0n) is 16.3. The van der Waals surface area contributed by atoms with Gasteiger partial charge in [-0.2, -0.15) is 0 Å². The topological polar surface area (TPSA) is 104 Å². The number of carboxylic acid groups (broad SMARTS) is 1. The number of carbonyl (C=O) groups is 3. The average Bonchev–Trinajstić information content (AvgIpc) is 3.09. The molecule has 3 fully saturated rings. The fourth-order valence-electron chi connectivity index (χ4n) is 5.46. The highest BCUT2D eigenvalue weighted by atomic mass is 16.4. The molecule has 0 aromatic rings. The monoisotopic (exact) mass is 379 g/mol. The van der Waals surface area contributed by atoms with Crippen LogP contribution in [0, 0.1) is 5.41 Å². The summed E-state index contributed by atoms with van der Waals surface area (Å²) in [5.74, 6) is -1.05. The zero-order chi connectivity index (χ0) is 19.5. The Hall–Kier alpha value is -1.63. The normalized spacial score (nSPS) is 25.3. The molecule has 0 radical (unpaired) electrons. The molecule has 152 valence electrons. The third-order valence-electron chi connectivity index (χ3n) is 7.08. The number of hydrogen-bond acceptors (Lipinski definition) is 4. The number of hydrogen-bond donors (Lipinski definition) is 2. The first-order valence-electron chi connectivity index (χ1n) is 10.4. The average molecular weight is 380 g/mol. The van der Waals surface area contributed by atoms with Crippen molar-refractivity contribution in [1.29, 1.82) is 0 Å². The summed E-state index contributed by atoms with van der Waals surface area (Å²) in [7, 11) is 0. The number of aliphatic carboxylic acids is 1. The van der Waals surface area contributed by atoms with E-state index in [0.717, 1.165) is 51.6 Å². The molecule has 1 aliphatic carbocycles. The quantitative estimate of drug-likeness (QED) is 0.732. The SMILES string of the molecule is NC(=O)C1(N2CCCCC2)CCN(C(=O)CC2(CC(=O)O)CCCC2)CC1. The maximum atomic E-state index is 12.9. The molecule has 0 aromatic heterocycles. The Bertz CT molecular complexity index is 572. The summed E-state index contributed by atoms with van der Waals surface area (Å²) in [6.07, 6.45) is 8.57. The molecule has 2 aliphatic heterocycles. The number of carboxylic acids is 1. The third-order valence-corrected chi connectivity index (χ3v) is 7.08. The number of piperidine rings is 2. The van der Waals surface area contributed by atoms with Crippen molar-refractivity contribution in [3.8, 4) is 0 Å². The van der Waals surface area contributed by atoms with Crippen molar-refractivity contribution in [2.24, 2.45) is 11.1 Å². The van der Waals surface area contributed by atoms with Gasteiger partial charge in [0.05, 0.1) is 6.42 Å². The van der Waals surface area contributed by atoms with Gasteiger partial charge in [-0.15, -0.1) is 0 Å². The molecule has 0 bridgehead atoms. The van der Waals surface area contributed by atoms with Gasteiger partial charge in [0.15, 0.2) is 0 Å². The second-order valence-electron chi connectivity index (χ2n) is 8.78. The molecule has 0 atom stereocenters. The lowest BCUT2D eigenvalue weighted by Crippen LogP contribution is -2.63. The summed E-state index contributed by atoms with van der Waals surface area (Å²) in [5.41, 5.74) is 4.81. The summed E-state index contributed by atoms with van der Waals surface area (Å²) < 4.78 is 0. The van der Waals surface area contributed by atoms with Gasteiger partial charge in [-0.1, -0.05) is 19.3 Å². The molecular weight excluding hydrogens is 346 g/mol. The van der Waals surface area contributed by atoms with E-state index in [9.17, 15) is 19.5 Å². The molecule has 0 aromatic carbocycles. The molecular formula is C20H33N3O4. The lowest BCUT2D eigenvalue weighted by Gasteiger charge is -2.48. The highest BCUT2D eigenvalue weighted by molar-refractivity contribution is 5.85. The summed E-state index contributed by atoms with van der Waals surface area (Å²) in [6.45, 7) is 2.86. The molecule has 1 saturated carbocycles. The van der Waals surface area contributed by atoms with Crippen LogP contribution in [0.5, 0.6) is 0 Å². The van der Waals surface area contributed by atoms with Gasteiger partial charge in [-0.25, -0.2) is 0 Å². The lowest BCUT2D eigenvalue weighted by atomic mass is 9.78. The van der Waals surface area contributed by atoms with Crippen molar-refractivity contribution in [2.45, 2.75) is 76.2 Å². The largest absolute Gasteiger partial charge is 0.481 e. The second-order valence-corrected chi connectivity index (χ2v) is 8.78. The second kappa shape index (κ2) is 8.17. The Morgan fingerprint density at radius 3 is 1.93 bits per heavy atom. The Labute approximate surface area is 161 Å². The van der Waals surface area contributed by atoms with Crippen LogP contribution in [0.4, 0.5) is 0 Å². The minimum Gasteiger partial charge on any atom is -0.481 e. The van der Waals surface area contributed by atoms with E-state index in [2.05, 4.69) is 4.90 Å². The molecule has 7 heteroatoms. The van der Waals surface area contributed by atoms with E-state index in [-0.39, 0.29) is 23.7 Å². The lowest BCUT2D eigenvalue weighted by molar-refractivity contribution is -0.145. The molecule has 0 spiro atoms. The smallest absolute Gasteiger partial charge is 0.303 e. The van der Waals surface area contributed by atoms with Crippen LogP contribution in [0.2, 0.25) is 0 Å². The van der Waals surface area contributed by atoms with Crippen LogP contribution in [0.3, 0.4) is 0 Å². The molecule has 3 rings (SSSR count). The van der Waals surface area contributed by atoms with Crippen LogP contribution in [0.25, 0.3) is 0 Å². The molecule has 7 nitrogen and oxygen atoms in total. The van der Waals surface area contributed by atoms with Crippen LogP contribution in [-0.2, 0) is 14.4 Å². The fraction of sp³-hybridized carbons (Fsp3) is 0.850. The van der Waals surface area contributed by atoms with Crippen LogP contribution < -0.4 is 5.73 Å². The molecule has 0 unspecified atom stereocenters. The van der Waals surface area contributed by atoms with Gasteiger partial charge >= 0.3 is 5.97 Å². The van der Waals surface area contributed by atoms with Crippen molar-refractivity contribution in [2.75, 3.05) is 26.2 Å². The third kappa shape index (κ3) is 4.28. The maximum absolute atomic E-state index is 12.9. The van der Waals surface area contributed by atoms with Crippen molar-refractivity contribution in [1.82, 2.24) is 9.80 Å². The first kappa shape index (κ1) is 20.1. The molecule has 2 heterocycles. The van der Waals surface area contributed by atoms with Crippen LogP contribution in [0.1, 0.15) is 70.6 Å². The molecule has 3 aliphatic rings. The Morgan fingerprint density at radius 2 is 1.41 bits per heavy atom. The first-order chi connectivity index (χ1) is 12.9. The van der Waals surface area contributed by atoms with Crippen LogP contribution in [-0.4, -0.2) is 64.4 Å². The minimum absolute atomic E-state index is 0.0369. The van der Waals surface area contributed by atoms with E-state index in [1.54, 1.807) is 0 Å². The van der Waals surface area contributed by atoms with E-state index in [4.69, 9.17) is 5.73 Å². The van der Waals surface area contributed by atoms with E-state index < -0.39 is 11.5 Å². The van der Waals surface area contributed by atoms with Crippen molar-refractivity contribution >= 4 is 17.8 Å². The molecule has 27 heavy (non-hydrogen) atoms. The van der Waals surface area contributed by atoms with Gasteiger partial charge in [0.1, 0.15) is 5.54 Å². The Balaban J connectivity index is 1.62. The summed E-state index contributed by atoms with van der Waals surface area (Å²) in [6, 6.07) is 0. The van der Waals surface area contributed by atoms with Gasteiger partial charge in [-0.3, -0.25) is 19.3 Å². The number of carbonyl (C=O) groups excluding carboxylic acids is 2. The van der Waals surface area contributed by atoms with Crippen molar-refractivity contribution in [3.63, 3.8) is 0 Å². The Kier molecular flexibility index (Phi) is 6.08. The number of rotatable bonds is 6. The van der Waals surface area contributed by atoms with E-state index in [1.165, 1.54) is 6.42 Å². The van der Waals surface area contributed by atoms with Gasteiger partial charge in [0.2, 0.25) is 11.8 Å². The van der Waals surface area contributed by atoms with E-state index in [0.29, 0.717) is 32.4 Å². The summed E-state index contributed by atoms with van der Waals surface area (Å²) in [4.78, 5) is 40.6. The van der Waals surface area contributed by atoms with Crippen LogP contribution in [0.15, 0.2) is 0 Å². The number of primary amides is 1. The standard InChI is InChI=1S/C20H33N3O4/c21-18(27)20(23-10-4-1-5-11-23)8-12-22(13-9-20)16(24)14-19(15-17(25)26)6-2-3-7-19/h1-15H2,(H2,21,27)(H,25,26). The Morgan fingerprint density at radius 1 is 0.815 bits per heavy atom. The van der Waals surface area contributed by atoms with Crippen molar-refractivity contribution < 1.29 is 19.5 Å². The number of nitrogens with zero attached hydrogens (tertiary/aromatic N) is 2. The summed E-state index contributed by atoms with van der Waals surface area (Å²) in [5, 5.41) is 9.25. The number of amides is 2. The zero-order valence-corrected chi connectivity index (χ0v) is 16.3. The molecule has 2 amide bonds. The van der Waals surface area contributed by atoms with E-state index >= 15 is 0 Å².